The first-order valence-electron chi connectivity index (χ1n) is 11.0. The molecule has 0 spiro atoms. The molecule has 2 N–H and O–H groups in total. The number of nitrogens with one attached hydrogen (secondary N) is 2. The van der Waals surface area contributed by atoms with Gasteiger partial charge in [0.15, 0.2) is 17.2 Å². The number of para-hydroxylation sites is 3. The molecule has 3 aromatic carbocycles. The first kappa shape index (κ1) is 24.2. The number of methoxy groups -OCH3 is 2. The predicted octanol–water partition coefficient (Wildman–Crippen LogP) is 5.50. The summed E-state index contributed by atoms with van der Waals surface area (Å²) in [6.45, 7) is 0. The van der Waals surface area contributed by atoms with Gasteiger partial charge >= 0.3 is 0 Å². The number of hydrogen-bond donors (Lipinski definition) is 2. The summed E-state index contributed by atoms with van der Waals surface area (Å²) in [5.74, 6) is 1.24. The van der Waals surface area contributed by atoms with Crippen molar-refractivity contribution in [2.24, 2.45) is 0 Å². The zero-order valence-corrected chi connectivity index (χ0v) is 19.7. The molecule has 0 atom stereocenters. The van der Waals surface area contributed by atoms with E-state index in [9.17, 15) is 9.59 Å². The lowest BCUT2D eigenvalue weighted by atomic mass is 10.1. The smallest absolute Gasteiger partial charge is 0.272 e. The third kappa shape index (κ3) is 5.92. The maximum atomic E-state index is 13.3. The van der Waals surface area contributed by atoms with Crippen molar-refractivity contribution >= 4 is 23.6 Å². The molecule has 0 radical (unpaired) electrons. The van der Waals surface area contributed by atoms with Crippen LogP contribution in [0.15, 0.2) is 101 Å². The van der Waals surface area contributed by atoms with E-state index >= 15 is 0 Å². The number of hydrogen-bond acceptors (Lipinski definition) is 6. The second kappa shape index (κ2) is 11.4. The van der Waals surface area contributed by atoms with Crippen molar-refractivity contribution in [2.75, 3.05) is 19.5 Å². The second-order valence-corrected chi connectivity index (χ2v) is 7.46. The highest BCUT2D eigenvalue weighted by Gasteiger charge is 2.18. The molecule has 0 bridgehead atoms. The monoisotopic (exact) mass is 484 g/mol. The van der Waals surface area contributed by atoms with Crippen LogP contribution in [0.4, 0.5) is 5.69 Å². The molecule has 4 aromatic rings. The minimum atomic E-state index is -0.565. The largest absolute Gasteiger partial charge is 0.493 e. The van der Waals surface area contributed by atoms with E-state index in [0.717, 1.165) is 0 Å². The molecule has 36 heavy (non-hydrogen) atoms. The van der Waals surface area contributed by atoms with E-state index in [0.29, 0.717) is 34.4 Å². The summed E-state index contributed by atoms with van der Waals surface area (Å²) < 4.78 is 21.8. The Balaban J connectivity index is 1.59. The van der Waals surface area contributed by atoms with Crippen molar-refractivity contribution in [3.05, 3.63) is 108 Å². The first-order chi connectivity index (χ1) is 17.6. The molecule has 8 nitrogen and oxygen atoms in total. The standard InChI is InChI=1S/C28H24N2O6/c1-33-25-15-14-19(17-26(25)34-2)27(31)30-23(18-21-11-8-16-35-21)28(32)29-22-12-6-7-13-24(22)36-20-9-4-3-5-10-20/h3-18H,1-2H3,(H,29,32)(H,30,31)/b23-18-. The van der Waals surface area contributed by atoms with Crippen LogP contribution in [0.25, 0.3) is 6.08 Å². The third-order valence-electron chi connectivity index (χ3n) is 5.07. The average molecular weight is 485 g/mol. The topological polar surface area (TPSA) is 99.0 Å². The lowest BCUT2D eigenvalue weighted by Crippen LogP contribution is -2.30. The Morgan fingerprint density at radius 2 is 1.56 bits per heavy atom. The Kier molecular flexibility index (Phi) is 7.67. The summed E-state index contributed by atoms with van der Waals surface area (Å²) in [6.07, 6.45) is 2.91. The van der Waals surface area contributed by atoms with Gasteiger partial charge in [0.25, 0.3) is 11.8 Å². The first-order valence-corrected chi connectivity index (χ1v) is 11.0. The van der Waals surface area contributed by atoms with Crippen LogP contribution in [-0.4, -0.2) is 26.0 Å². The van der Waals surface area contributed by atoms with Crippen molar-refractivity contribution in [1.29, 1.82) is 0 Å². The van der Waals surface area contributed by atoms with Crippen LogP contribution in [0.1, 0.15) is 16.1 Å². The molecule has 0 unspecified atom stereocenters. The van der Waals surface area contributed by atoms with E-state index in [1.807, 2.05) is 30.3 Å². The van der Waals surface area contributed by atoms with Gasteiger partial charge in [-0.25, -0.2) is 0 Å². The zero-order valence-electron chi connectivity index (χ0n) is 19.7. The molecular formula is C28H24N2O6. The molecule has 1 aromatic heterocycles. The van der Waals surface area contributed by atoms with Crippen molar-refractivity contribution < 1.29 is 28.2 Å². The van der Waals surface area contributed by atoms with Crippen molar-refractivity contribution in [3.63, 3.8) is 0 Å². The molecule has 0 fully saturated rings. The Morgan fingerprint density at radius 3 is 2.28 bits per heavy atom. The Bertz CT molecular complexity index is 1360. The minimum Gasteiger partial charge on any atom is -0.493 e. The normalized spacial score (nSPS) is 10.9. The van der Waals surface area contributed by atoms with Crippen molar-refractivity contribution in [2.45, 2.75) is 0 Å². The molecule has 182 valence electrons. The number of rotatable bonds is 9. The third-order valence-corrected chi connectivity index (χ3v) is 5.07. The fourth-order valence-corrected chi connectivity index (χ4v) is 3.31. The molecule has 8 heteroatoms. The van der Waals surface area contributed by atoms with Gasteiger partial charge < -0.3 is 29.3 Å². The van der Waals surface area contributed by atoms with Gasteiger partial charge in [0.2, 0.25) is 0 Å². The average Bonchev–Trinajstić information content (AvgIpc) is 3.42. The van der Waals surface area contributed by atoms with E-state index in [-0.39, 0.29) is 11.3 Å². The Morgan fingerprint density at radius 1 is 0.806 bits per heavy atom. The molecular weight excluding hydrogens is 460 g/mol. The van der Waals surface area contributed by atoms with Gasteiger partial charge in [-0.05, 0) is 54.6 Å². The molecule has 0 saturated heterocycles. The second-order valence-electron chi connectivity index (χ2n) is 7.46. The molecule has 0 aliphatic rings. The summed E-state index contributed by atoms with van der Waals surface area (Å²) >= 11 is 0. The maximum absolute atomic E-state index is 13.3. The van der Waals surface area contributed by atoms with E-state index in [2.05, 4.69) is 10.6 Å². The van der Waals surface area contributed by atoms with Gasteiger partial charge in [-0.2, -0.15) is 0 Å². The van der Waals surface area contributed by atoms with Crippen LogP contribution >= 0.6 is 0 Å². The van der Waals surface area contributed by atoms with Gasteiger partial charge in [0.05, 0.1) is 26.2 Å². The molecule has 0 aliphatic carbocycles. The van der Waals surface area contributed by atoms with Crippen molar-refractivity contribution in [1.82, 2.24) is 5.32 Å². The summed E-state index contributed by atoms with van der Waals surface area (Å²) in [5.41, 5.74) is 0.676. The maximum Gasteiger partial charge on any atom is 0.272 e. The van der Waals surface area contributed by atoms with Crippen LogP contribution in [-0.2, 0) is 4.79 Å². The number of ether oxygens (including phenoxy) is 3. The Hall–Kier alpha value is -4.98. The molecule has 2 amide bonds. The number of benzene rings is 3. The van der Waals surface area contributed by atoms with Crippen LogP contribution in [0.5, 0.6) is 23.0 Å². The zero-order chi connectivity index (χ0) is 25.3. The number of furan rings is 1. The van der Waals surface area contributed by atoms with Crippen LogP contribution in [0, 0.1) is 0 Å². The summed E-state index contributed by atoms with van der Waals surface area (Å²) in [4.78, 5) is 26.3. The highest BCUT2D eigenvalue weighted by molar-refractivity contribution is 6.11. The van der Waals surface area contributed by atoms with Crippen molar-refractivity contribution in [3.8, 4) is 23.0 Å². The molecule has 0 saturated carbocycles. The summed E-state index contributed by atoms with van der Waals surface area (Å²) in [7, 11) is 2.98. The van der Waals surface area contributed by atoms with Crippen LogP contribution < -0.4 is 24.8 Å². The van der Waals surface area contributed by atoms with Crippen LogP contribution in [0.2, 0.25) is 0 Å². The minimum absolute atomic E-state index is 0.0285. The van der Waals surface area contributed by atoms with Gasteiger partial charge in [-0.3, -0.25) is 9.59 Å². The highest BCUT2D eigenvalue weighted by Crippen LogP contribution is 2.30. The molecule has 0 aliphatic heterocycles. The van der Waals surface area contributed by atoms with Gasteiger partial charge in [-0.15, -0.1) is 0 Å². The highest BCUT2D eigenvalue weighted by atomic mass is 16.5. The van der Waals surface area contributed by atoms with Crippen LogP contribution in [0.3, 0.4) is 0 Å². The fourth-order valence-electron chi connectivity index (χ4n) is 3.31. The molecule has 1 heterocycles. The number of carbonyl (C=O) groups is 2. The van der Waals surface area contributed by atoms with Gasteiger partial charge in [0, 0.05) is 11.6 Å². The lowest BCUT2D eigenvalue weighted by molar-refractivity contribution is -0.113. The quantitative estimate of drug-likeness (QED) is 0.305. The van der Waals surface area contributed by atoms with E-state index < -0.39 is 11.8 Å². The Labute approximate surface area is 208 Å². The number of carbonyl (C=O) groups excluding carboxylic acids is 2. The lowest BCUT2D eigenvalue weighted by Gasteiger charge is -2.15. The summed E-state index contributed by atoms with van der Waals surface area (Å²) in [6, 6.07) is 24.3. The number of amides is 2. The van der Waals surface area contributed by atoms with Gasteiger partial charge in [0.1, 0.15) is 17.2 Å². The molecule has 4 rings (SSSR count). The van der Waals surface area contributed by atoms with E-state index in [4.69, 9.17) is 18.6 Å². The SMILES string of the molecule is COc1ccc(C(=O)N/C(=C\c2ccco2)C(=O)Nc2ccccc2Oc2ccccc2)cc1OC. The predicted molar refractivity (Wildman–Crippen MR) is 135 cm³/mol. The van der Waals surface area contributed by atoms with E-state index in [1.165, 1.54) is 32.6 Å². The number of anilines is 1. The van der Waals surface area contributed by atoms with Gasteiger partial charge in [-0.1, -0.05) is 30.3 Å². The summed E-state index contributed by atoms with van der Waals surface area (Å²) in [5, 5.41) is 5.47. The van der Waals surface area contributed by atoms with E-state index in [1.54, 1.807) is 48.5 Å². The fraction of sp³-hybridized carbons (Fsp3) is 0.0714.